The average Bonchev–Trinajstić information content (AvgIpc) is 3.02. The van der Waals surface area contributed by atoms with E-state index >= 15 is 0 Å². The summed E-state index contributed by atoms with van der Waals surface area (Å²) in [4.78, 5) is 32.2. The van der Waals surface area contributed by atoms with Crippen LogP contribution in [-0.2, 0) is 13.8 Å². The molecule has 0 spiro atoms. The van der Waals surface area contributed by atoms with Crippen LogP contribution in [0.4, 0.5) is 5.82 Å². The maximum Gasteiger partial charge on any atom is 0.469 e. The number of fused-ring (bicyclic) bond motifs is 3. The number of aliphatic hydroxyl groups is 2. The van der Waals surface area contributed by atoms with Crippen LogP contribution in [0.3, 0.4) is 0 Å². The van der Waals surface area contributed by atoms with Crippen molar-refractivity contribution in [2.75, 3.05) is 10.9 Å². The lowest BCUT2D eigenvalue weighted by atomic mass is 10.1. The summed E-state index contributed by atoms with van der Waals surface area (Å²) in [7, 11) is -4.72. The lowest BCUT2D eigenvalue weighted by Gasteiger charge is -2.15. The molecule has 1 aromatic rings. The fourth-order valence-electron chi connectivity index (χ4n) is 2.75. The van der Waals surface area contributed by atoms with E-state index in [0.29, 0.717) is 5.82 Å². The first-order valence-corrected chi connectivity index (χ1v) is 9.24. The summed E-state index contributed by atoms with van der Waals surface area (Å²) in [6.07, 6.45) is -3.52. The minimum absolute atomic E-state index is 0.190. The van der Waals surface area contributed by atoms with Crippen LogP contribution in [0.1, 0.15) is 16.7 Å². The van der Waals surface area contributed by atoms with Gasteiger partial charge < -0.3 is 30.1 Å². The van der Waals surface area contributed by atoms with Crippen molar-refractivity contribution in [3.8, 4) is 0 Å². The number of imidazole rings is 1. The number of anilines is 1. The van der Waals surface area contributed by atoms with Crippen molar-refractivity contribution in [2.45, 2.75) is 30.0 Å². The van der Waals surface area contributed by atoms with E-state index in [2.05, 4.69) is 14.8 Å². The highest BCUT2D eigenvalue weighted by Crippen LogP contribution is 2.46. The molecule has 3 aliphatic heterocycles. The summed E-state index contributed by atoms with van der Waals surface area (Å²) in [6.45, 7) is -0.590. The molecule has 0 radical (unpaired) electrons. The van der Waals surface area contributed by atoms with E-state index in [1.807, 2.05) is 0 Å². The maximum absolute atomic E-state index is 11.9. The second-order valence-electron chi connectivity index (χ2n) is 5.47. The Bertz CT molecular complexity index is 738. The molecule has 24 heavy (non-hydrogen) atoms. The van der Waals surface area contributed by atoms with Gasteiger partial charge in [0, 0.05) is 0 Å². The summed E-state index contributed by atoms with van der Waals surface area (Å²) in [5, 5.41) is 23.0. The highest BCUT2D eigenvalue weighted by atomic mass is 32.2. The summed E-state index contributed by atoms with van der Waals surface area (Å²) in [6, 6.07) is 0. The first-order valence-electron chi connectivity index (χ1n) is 6.87. The summed E-state index contributed by atoms with van der Waals surface area (Å²) < 4.78 is 23.9. The van der Waals surface area contributed by atoms with Gasteiger partial charge in [-0.1, -0.05) is 0 Å². The second kappa shape index (κ2) is 5.41. The van der Waals surface area contributed by atoms with Crippen LogP contribution in [0.5, 0.6) is 0 Å². The molecule has 5 atom stereocenters. The van der Waals surface area contributed by atoms with Crippen molar-refractivity contribution in [1.29, 1.82) is 0 Å². The Kier molecular flexibility index (Phi) is 3.67. The zero-order chi connectivity index (χ0) is 17.2. The van der Waals surface area contributed by atoms with Crippen molar-refractivity contribution >= 4 is 31.5 Å². The van der Waals surface area contributed by atoms with E-state index in [-0.39, 0.29) is 17.1 Å². The number of carbonyl (C=O) groups excluding carboxylic acids is 1. The smallest absolute Gasteiger partial charge is 0.387 e. The molecule has 0 unspecified atom stereocenters. The minimum atomic E-state index is -4.72. The number of hydrogen-bond donors (Lipinski definition) is 6. The van der Waals surface area contributed by atoms with Crippen LogP contribution in [0.25, 0.3) is 0 Å². The third kappa shape index (κ3) is 2.62. The van der Waals surface area contributed by atoms with Crippen LogP contribution in [0, 0.1) is 0 Å². The zero-order valence-corrected chi connectivity index (χ0v) is 13.6. The molecule has 132 valence electrons. The van der Waals surface area contributed by atoms with Crippen LogP contribution < -0.4 is 14.2 Å². The number of nitrogens with zero attached hydrogens (tertiary/aromatic N) is 2. The number of phosphoric acid groups is 1. The van der Waals surface area contributed by atoms with Crippen LogP contribution in [-0.4, -0.2) is 61.3 Å². The molecule has 12 nitrogen and oxygen atoms in total. The predicted molar refractivity (Wildman–Crippen MR) is 76.2 cm³/mol. The van der Waals surface area contributed by atoms with Crippen molar-refractivity contribution < 1.29 is 43.2 Å². The lowest BCUT2D eigenvalue weighted by Crippen LogP contribution is -2.48. The lowest BCUT2D eigenvalue weighted by molar-refractivity contribution is -0.753. The van der Waals surface area contributed by atoms with Crippen molar-refractivity contribution in [3.63, 3.8) is 0 Å². The molecule has 0 aromatic carbocycles. The zero-order valence-electron chi connectivity index (χ0n) is 11.8. The fourth-order valence-corrected chi connectivity index (χ4v) is 3.85. The summed E-state index contributed by atoms with van der Waals surface area (Å²) in [5.41, 5.74) is 0.0979. The van der Waals surface area contributed by atoms with Gasteiger partial charge in [0.25, 0.3) is 11.7 Å². The number of aromatic nitrogens is 2. The van der Waals surface area contributed by atoms with E-state index in [1.165, 1.54) is 22.8 Å². The molecule has 4 heterocycles. The standard InChI is InChI=1S/C10H13N4O8PS/c15-5-3(1-21-23(18,19)20)22-9(6(5)16)13-2-11-4-7(17)12-10-14(24-10)8(4)13/h2-3,5-6,9-10,15-16H,1H2,(H3,12,17,18,19,20)/p+1/t3-,5-,6-,9-,10+,14?/m1/s1. The van der Waals surface area contributed by atoms with Gasteiger partial charge in [-0.2, -0.15) is 4.31 Å². The number of nitrogens with one attached hydrogen (secondary N) is 2. The van der Waals surface area contributed by atoms with Crippen LogP contribution in [0.2, 0.25) is 0 Å². The van der Waals surface area contributed by atoms with E-state index in [4.69, 9.17) is 14.5 Å². The van der Waals surface area contributed by atoms with Crippen LogP contribution >= 0.6 is 19.8 Å². The Balaban J connectivity index is 1.57. The number of phosphoric ester groups is 1. The van der Waals surface area contributed by atoms with Gasteiger partial charge in [0.1, 0.15) is 18.3 Å². The fraction of sp³-hybridized carbons (Fsp3) is 0.600. The second-order valence-corrected chi connectivity index (χ2v) is 7.76. The predicted octanol–water partition coefficient (Wildman–Crippen LogP) is -2.47. The highest BCUT2D eigenvalue weighted by Gasteiger charge is 2.57. The molecular weight excluding hydrogens is 367 g/mol. The molecule has 0 aliphatic carbocycles. The highest BCUT2D eigenvalue weighted by molar-refractivity contribution is 8.08. The van der Waals surface area contributed by atoms with Gasteiger partial charge in [-0.3, -0.25) is 14.3 Å². The molecular formula is C10H14N4O8PS+. The molecule has 14 heteroatoms. The Morgan fingerprint density at radius 3 is 2.88 bits per heavy atom. The number of amides is 1. The third-order valence-corrected chi connectivity index (χ3v) is 5.31. The Morgan fingerprint density at radius 1 is 1.42 bits per heavy atom. The monoisotopic (exact) mass is 381 g/mol. The van der Waals surface area contributed by atoms with E-state index in [1.54, 1.807) is 4.31 Å². The van der Waals surface area contributed by atoms with Gasteiger partial charge in [-0.05, 0) is 0 Å². The quantitative estimate of drug-likeness (QED) is 0.142. The van der Waals surface area contributed by atoms with Gasteiger partial charge in [-0.15, -0.1) is 0 Å². The average molecular weight is 381 g/mol. The number of H-pyrrole nitrogens is 1. The molecule has 6 N–H and O–H groups in total. The number of aliphatic hydroxyl groups excluding tert-OH is 2. The molecule has 0 saturated carbocycles. The van der Waals surface area contributed by atoms with Gasteiger partial charge in [-0.25, -0.2) is 9.13 Å². The maximum atomic E-state index is 11.9. The van der Waals surface area contributed by atoms with Crippen LogP contribution in [0.15, 0.2) is 6.33 Å². The topological polar surface area (TPSA) is 168 Å². The Morgan fingerprint density at radius 2 is 2.17 bits per heavy atom. The number of carbonyl (C=O) groups is 1. The molecule has 3 aliphatic rings. The molecule has 1 amide bonds. The Hall–Kier alpha value is -1.18. The molecule has 4 rings (SSSR count). The largest absolute Gasteiger partial charge is 0.469 e. The van der Waals surface area contributed by atoms with Gasteiger partial charge in [0.15, 0.2) is 6.33 Å². The van der Waals surface area contributed by atoms with Crippen molar-refractivity contribution in [3.05, 3.63) is 12.0 Å². The molecule has 0 bridgehead atoms. The molecule has 1 aromatic heterocycles. The molecule has 2 saturated heterocycles. The van der Waals surface area contributed by atoms with Gasteiger partial charge in [0.2, 0.25) is 17.4 Å². The summed E-state index contributed by atoms with van der Waals surface area (Å²) >= 11 is 1.37. The first-order chi connectivity index (χ1) is 11.3. The van der Waals surface area contributed by atoms with E-state index < -0.39 is 39.0 Å². The summed E-state index contributed by atoms with van der Waals surface area (Å²) in [5.74, 6) is 0.186. The Labute approximate surface area is 138 Å². The van der Waals surface area contributed by atoms with Gasteiger partial charge in [0.05, 0.1) is 18.6 Å². The number of rotatable bonds is 4. The number of ether oxygens (including phenoxy) is 1. The number of aromatic amines is 1. The van der Waals surface area contributed by atoms with Crippen molar-refractivity contribution in [2.24, 2.45) is 0 Å². The first kappa shape index (κ1) is 16.3. The van der Waals surface area contributed by atoms with Crippen molar-refractivity contribution in [1.82, 2.24) is 10.3 Å². The minimum Gasteiger partial charge on any atom is -0.387 e. The SMILES string of the molecule is O=C1N[C@@H]2SN2c2c1[nH]c[n+]2[C@@H]1O[C@H](COP(=O)(O)O)[C@@H](O)[C@H]1O. The normalized spacial score (nSPS) is 34.8. The van der Waals surface area contributed by atoms with E-state index in [0.717, 1.165) is 0 Å². The van der Waals surface area contributed by atoms with Gasteiger partial charge >= 0.3 is 7.82 Å². The number of hydrogen-bond acceptors (Lipinski definition) is 8. The molecule has 2 fully saturated rings. The van der Waals surface area contributed by atoms with E-state index in [9.17, 15) is 19.6 Å². The third-order valence-electron chi connectivity index (χ3n) is 3.91.